The highest BCUT2D eigenvalue weighted by Gasteiger charge is 2.21. The molecule has 1 fully saturated rings. The van der Waals surface area contributed by atoms with E-state index in [0.29, 0.717) is 6.04 Å². The fourth-order valence-electron chi connectivity index (χ4n) is 2.15. The van der Waals surface area contributed by atoms with Gasteiger partial charge in [0.1, 0.15) is 5.82 Å². The second-order valence-electron chi connectivity index (χ2n) is 4.38. The molecule has 1 aliphatic rings. The van der Waals surface area contributed by atoms with Gasteiger partial charge in [0.25, 0.3) is 0 Å². The van der Waals surface area contributed by atoms with Crippen LogP contribution >= 0.6 is 11.5 Å². The minimum Gasteiger partial charge on any atom is -0.357 e. The average Bonchev–Trinajstić information content (AvgIpc) is 2.69. The summed E-state index contributed by atoms with van der Waals surface area (Å²) in [5.74, 6) is 1.73. The molecule has 0 aromatic carbocycles. The predicted octanol–water partition coefficient (Wildman–Crippen LogP) is 3.09. The first-order valence-corrected chi connectivity index (χ1v) is 6.66. The maximum Gasteiger partial charge on any atom is 0.202 e. The van der Waals surface area contributed by atoms with Crippen LogP contribution in [0.3, 0.4) is 0 Å². The van der Waals surface area contributed by atoms with Gasteiger partial charge >= 0.3 is 0 Å². The van der Waals surface area contributed by atoms with Crippen molar-refractivity contribution in [2.24, 2.45) is 5.92 Å². The summed E-state index contributed by atoms with van der Waals surface area (Å²) >= 11 is 1.50. The van der Waals surface area contributed by atoms with Crippen LogP contribution in [0.15, 0.2) is 0 Å². The molecule has 0 saturated heterocycles. The van der Waals surface area contributed by atoms with Gasteiger partial charge in [-0.2, -0.15) is 4.37 Å². The zero-order chi connectivity index (χ0) is 10.7. The van der Waals surface area contributed by atoms with Gasteiger partial charge in [-0.25, -0.2) is 4.98 Å². The number of rotatable bonds is 3. The number of anilines is 1. The van der Waals surface area contributed by atoms with Gasteiger partial charge in [-0.1, -0.05) is 26.7 Å². The first kappa shape index (κ1) is 10.9. The molecular weight excluding hydrogens is 206 g/mol. The van der Waals surface area contributed by atoms with Gasteiger partial charge in [0.15, 0.2) is 0 Å². The van der Waals surface area contributed by atoms with E-state index >= 15 is 0 Å². The topological polar surface area (TPSA) is 37.8 Å². The van der Waals surface area contributed by atoms with Crippen LogP contribution in [0.4, 0.5) is 5.13 Å². The number of aryl methyl sites for hydroxylation is 1. The van der Waals surface area contributed by atoms with Gasteiger partial charge in [-0.05, 0) is 18.8 Å². The summed E-state index contributed by atoms with van der Waals surface area (Å²) < 4.78 is 4.29. The first-order valence-electron chi connectivity index (χ1n) is 5.88. The van der Waals surface area contributed by atoms with E-state index < -0.39 is 0 Å². The van der Waals surface area contributed by atoms with Crippen molar-refractivity contribution in [3.8, 4) is 0 Å². The summed E-state index contributed by atoms with van der Waals surface area (Å²) in [5.41, 5.74) is 0. The molecule has 0 spiro atoms. The smallest absolute Gasteiger partial charge is 0.202 e. The number of nitrogens with one attached hydrogen (secondary N) is 1. The fraction of sp³-hybridized carbons (Fsp3) is 0.818. The minimum atomic E-state index is 0.608. The SMILES string of the molecule is CCc1nsc(NC2CCCCC2C)n1. The Bertz CT molecular complexity index is 311. The Morgan fingerprint density at radius 1 is 1.40 bits per heavy atom. The highest BCUT2D eigenvalue weighted by atomic mass is 32.1. The van der Waals surface area contributed by atoms with Crippen LogP contribution in [-0.4, -0.2) is 15.4 Å². The highest BCUT2D eigenvalue weighted by molar-refractivity contribution is 7.09. The molecule has 0 radical (unpaired) electrons. The maximum atomic E-state index is 4.45. The molecule has 1 aromatic heterocycles. The third-order valence-electron chi connectivity index (χ3n) is 3.20. The van der Waals surface area contributed by atoms with E-state index in [9.17, 15) is 0 Å². The summed E-state index contributed by atoms with van der Waals surface area (Å²) in [4.78, 5) is 4.45. The second kappa shape index (κ2) is 4.92. The fourth-order valence-corrected chi connectivity index (χ4v) is 2.86. The summed E-state index contributed by atoms with van der Waals surface area (Å²) in [7, 11) is 0. The van der Waals surface area contributed by atoms with Gasteiger partial charge in [0.2, 0.25) is 5.13 Å². The molecule has 2 rings (SSSR count). The number of nitrogens with zero attached hydrogens (tertiary/aromatic N) is 2. The Morgan fingerprint density at radius 2 is 2.20 bits per heavy atom. The van der Waals surface area contributed by atoms with Crippen LogP contribution in [-0.2, 0) is 6.42 Å². The van der Waals surface area contributed by atoms with Crippen LogP contribution < -0.4 is 5.32 Å². The average molecular weight is 225 g/mol. The number of hydrogen-bond donors (Lipinski definition) is 1. The van der Waals surface area contributed by atoms with Crippen LogP contribution in [0.2, 0.25) is 0 Å². The van der Waals surface area contributed by atoms with Gasteiger partial charge in [0, 0.05) is 24.0 Å². The second-order valence-corrected chi connectivity index (χ2v) is 5.13. The van der Waals surface area contributed by atoms with E-state index in [1.807, 2.05) is 0 Å². The van der Waals surface area contributed by atoms with Gasteiger partial charge in [0.05, 0.1) is 0 Å². The van der Waals surface area contributed by atoms with Crippen LogP contribution in [0, 0.1) is 5.92 Å². The minimum absolute atomic E-state index is 0.608. The third-order valence-corrected chi connectivity index (χ3v) is 3.89. The lowest BCUT2D eigenvalue weighted by molar-refractivity contribution is 0.349. The maximum absolute atomic E-state index is 4.45. The molecule has 15 heavy (non-hydrogen) atoms. The summed E-state index contributed by atoms with van der Waals surface area (Å²) in [6.07, 6.45) is 6.29. The summed E-state index contributed by atoms with van der Waals surface area (Å²) in [6, 6.07) is 0.608. The predicted molar refractivity (Wildman–Crippen MR) is 64.3 cm³/mol. The molecule has 4 heteroatoms. The van der Waals surface area contributed by atoms with E-state index in [4.69, 9.17) is 0 Å². The molecule has 1 saturated carbocycles. The van der Waals surface area contributed by atoms with Crippen LogP contribution in [0.25, 0.3) is 0 Å². The van der Waals surface area contributed by atoms with E-state index in [-0.39, 0.29) is 0 Å². The van der Waals surface area contributed by atoms with E-state index in [1.54, 1.807) is 0 Å². The molecule has 2 atom stereocenters. The Kier molecular flexibility index (Phi) is 3.57. The molecule has 1 N–H and O–H groups in total. The van der Waals surface area contributed by atoms with Crippen molar-refractivity contribution in [2.75, 3.05) is 5.32 Å². The summed E-state index contributed by atoms with van der Waals surface area (Å²) in [6.45, 7) is 4.42. The van der Waals surface area contributed by atoms with Gasteiger partial charge in [-0.3, -0.25) is 0 Å². The molecule has 2 unspecified atom stereocenters. The Morgan fingerprint density at radius 3 is 2.87 bits per heavy atom. The van der Waals surface area contributed by atoms with Crippen molar-refractivity contribution in [1.29, 1.82) is 0 Å². The molecule has 1 heterocycles. The molecule has 84 valence electrons. The van der Waals surface area contributed by atoms with Crippen molar-refractivity contribution in [3.05, 3.63) is 5.82 Å². The van der Waals surface area contributed by atoms with E-state index in [2.05, 4.69) is 28.5 Å². The van der Waals surface area contributed by atoms with Crippen LogP contribution in [0.1, 0.15) is 45.4 Å². The molecule has 0 bridgehead atoms. The van der Waals surface area contributed by atoms with Crippen LogP contribution in [0.5, 0.6) is 0 Å². The third kappa shape index (κ3) is 2.68. The van der Waals surface area contributed by atoms with Crippen molar-refractivity contribution in [2.45, 2.75) is 52.0 Å². The van der Waals surface area contributed by atoms with Crippen molar-refractivity contribution in [3.63, 3.8) is 0 Å². The van der Waals surface area contributed by atoms with Crippen molar-refractivity contribution >= 4 is 16.7 Å². The number of hydrogen-bond acceptors (Lipinski definition) is 4. The lowest BCUT2D eigenvalue weighted by Gasteiger charge is -2.29. The molecule has 0 aliphatic heterocycles. The monoisotopic (exact) mass is 225 g/mol. The van der Waals surface area contributed by atoms with Crippen molar-refractivity contribution < 1.29 is 0 Å². The number of aromatic nitrogens is 2. The quantitative estimate of drug-likeness (QED) is 0.859. The van der Waals surface area contributed by atoms with Crippen molar-refractivity contribution in [1.82, 2.24) is 9.36 Å². The molecule has 0 amide bonds. The zero-order valence-corrected chi connectivity index (χ0v) is 10.3. The molecule has 1 aliphatic carbocycles. The highest BCUT2D eigenvalue weighted by Crippen LogP contribution is 2.27. The standard InChI is InChI=1S/C11H19N3S/c1-3-10-13-11(15-14-10)12-9-7-5-4-6-8(9)2/h8-9H,3-7H2,1-2H3,(H,12,13,14). The van der Waals surface area contributed by atoms with Gasteiger partial charge in [-0.15, -0.1) is 0 Å². The largest absolute Gasteiger partial charge is 0.357 e. The zero-order valence-electron chi connectivity index (χ0n) is 9.49. The molecular formula is C11H19N3S. The van der Waals surface area contributed by atoms with E-state index in [1.165, 1.54) is 37.2 Å². The Labute approximate surface area is 95.5 Å². The lowest BCUT2D eigenvalue weighted by atomic mass is 9.86. The first-order chi connectivity index (χ1) is 7.29. The molecule has 3 nitrogen and oxygen atoms in total. The summed E-state index contributed by atoms with van der Waals surface area (Å²) in [5, 5.41) is 4.54. The normalized spacial score (nSPS) is 26.5. The lowest BCUT2D eigenvalue weighted by Crippen LogP contribution is -2.30. The molecule has 1 aromatic rings. The van der Waals surface area contributed by atoms with Gasteiger partial charge < -0.3 is 5.32 Å². The van der Waals surface area contributed by atoms with E-state index in [0.717, 1.165) is 23.3 Å². The Balaban J connectivity index is 1.95. The Hall–Kier alpha value is -0.640.